The van der Waals surface area contributed by atoms with Crippen LogP contribution in [0.3, 0.4) is 0 Å². The number of pyridine rings is 1. The molecule has 5 heteroatoms. The fraction of sp³-hybridized carbons (Fsp3) is 0.368. The number of hydrogen-bond donors (Lipinski definition) is 1. The summed E-state index contributed by atoms with van der Waals surface area (Å²) in [6, 6.07) is 15.3. The van der Waals surface area contributed by atoms with Gasteiger partial charge in [0.05, 0.1) is 17.7 Å². The zero-order valence-corrected chi connectivity index (χ0v) is 13.7. The van der Waals surface area contributed by atoms with Gasteiger partial charge in [0.2, 0.25) is 0 Å². The van der Waals surface area contributed by atoms with Crippen molar-refractivity contribution in [2.45, 2.75) is 12.5 Å². The van der Waals surface area contributed by atoms with Crippen LogP contribution in [0, 0.1) is 11.3 Å². The molecule has 1 N–H and O–H groups in total. The maximum Gasteiger partial charge on any atom is 0.128 e. The van der Waals surface area contributed by atoms with Gasteiger partial charge in [-0.1, -0.05) is 18.2 Å². The Labute approximate surface area is 142 Å². The van der Waals surface area contributed by atoms with Gasteiger partial charge in [0.25, 0.3) is 0 Å². The van der Waals surface area contributed by atoms with Crippen LogP contribution in [-0.4, -0.2) is 47.7 Å². The van der Waals surface area contributed by atoms with E-state index in [0.29, 0.717) is 12.1 Å². The smallest absolute Gasteiger partial charge is 0.128 e. The number of nitrogens with zero attached hydrogens (tertiary/aromatic N) is 4. The minimum absolute atomic E-state index is 0.529. The molecule has 1 saturated heterocycles. The second kappa shape index (κ2) is 7.91. The molecule has 0 spiro atoms. The Morgan fingerprint density at radius 1 is 1.08 bits per heavy atom. The highest BCUT2D eigenvalue weighted by atomic mass is 16.3. The topological polar surface area (TPSA) is 63.4 Å². The van der Waals surface area contributed by atoms with Crippen LogP contribution in [-0.2, 0) is 0 Å². The minimum Gasteiger partial charge on any atom is -0.387 e. The van der Waals surface area contributed by atoms with Crippen LogP contribution >= 0.6 is 0 Å². The molecule has 1 atom stereocenters. The lowest BCUT2D eigenvalue weighted by Crippen LogP contribution is -2.33. The van der Waals surface area contributed by atoms with E-state index in [9.17, 15) is 5.11 Å². The molecule has 0 amide bonds. The van der Waals surface area contributed by atoms with E-state index in [2.05, 4.69) is 20.9 Å². The van der Waals surface area contributed by atoms with E-state index < -0.39 is 6.10 Å². The minimum atomic E-state index is -0.529. The summed E-state index contributed by atoms with van der Waals surface area (Å²) in [4.78, 5) is 9.02. The summed E-state index contributed by atoms with van der Waals surface area (Å²) in [5.74, 6) is 1.02. The third-order valence-corrected chi connectivity index (χ3v) is 4.42. The van der Waals surface area contributed by atoms with E-state index in [1.165, 1.54) is 0 Å². The summed E-state index contributed by atoms with van der Waals surface area (Å²) in [5, 5.41) is 19.3. The van der Waals surface area contributed by atoms with E-state index in [1.807, 2.05) is 36.5 Å². The van der Waals surface area contributed by atoms with Crippen LogP contribution in [0.1, 0.15) is 23.7 Å². The summed E-state index contributed by atoms with van der Waals surface area (Å²) >= 11 is 0. The monoisotopic (exact) mass is 322 g/mol. The van der Waals surface area contributed by atoms with E-state index in [4.69, 9.17) is 5.26 Å². The quantitative estimate of drug-likeness (QED) is 0.935. The number of β-amino-alcohol motifs (C(OH)–C–C–N with tert-alkyl or cyclic N) is 1. The maximum atomic E-state index is 10.5. The number of hydrogen-bond acceptors (Lipinski definition) is 5. The van der Waals surface area contributed by atoms with Crippen LogP contribution in [0.4, 0.5) is 5.82 Å². The molecule has 1 aliphatic rings. The molecule has 5 nitrogen and oxygen atoms in total. The zero-order chi connectivity index (χ0) is 16.8. The van der Waals surface area contributed by atoms with Crippen molar-refractivity contribution in [3.05, 3.63) is 59.8 Å². The van der Waals surface area contributed by atoms with Crippen LogP contribution in [0.2, 0.25) is 0 Å². The highest BCUT2D eigenvalue weighted by Crippen LogP contribution is 2.18. The highest BCUT2D eigenvalue weighted by Gasteiger charge is 2.18. The van der Waals surface area contributed by atoms with Crippen LogP contribution < -0.4 is 4.90 Å². The maximum absolute atomic E-state index is 10.5. The number of aliphatic hydroxyl groups excluding tert-OH is 1. The van der Waals surface area contributed by atoms with Gasteiger partial charge >= 0.3 is 0 Å². The predicted octanol–water partition coefficient (Wildman–Crippen LogP) is 2.20. The van der Waals surface area contributed by atoms with Gasteiger partial charge in [0.15, 0.2) is 0 Å². The van der Waals surface area contributed by atoms with Gasteiger partial charge in [-0.25, -0.2) is 4.98 Å². The Morgan fingerprint density at radius 3 is 2.62 bits per heavy atom. The summed E-state index contributed by atoms with van der Waals surface area (Å²) < 4.78 is 0. The number of benzene rings is 1. The molecule has 2 aromatic rings. The number of aromatic nitrogens is 1. The first-order valence-corrected chi connectivity index (χ1v) is 8.33. The normalized spacial score (nSPS) is 17.1. The fourth-order valence-electron chi connectivity index (χ4n) is 3.05. The second-order valence-corrected chi connectivity index (χ2v) is 6.08. The van der Waals surface area contributed by atoms with E-state index in [0.717, 1.165) is 44.0 Å². The number of aliphatic hydroxyl groups is 1. The van der Waals surface area contributed by atoms with Crippen LogP contribution in [0.5, 0.6) is 0 Å². The van der Waals surface area contributed by atoms with Gasteiger partial charge in [0, 0.05) is 38.9 Å². The molecular formula is C19H22N4O. The fourth-order valence-corrected chi connectivity index (χ4v) is 3.05. The molecule has 0 bridgehead atoms. The molecule has 0 saturated carbocycles. The van der Waals surface area contributed by atoms with E-state index in [-0.39, 0.29) is 0 Å². The highest BCUT2D eigenvalue weighted by molar-refractivity contribution is 5.37. The second-order valence-electron chi connectivity index (χ2n) is 6.08. The summed E-state index contributed by atoms with van der Waals surface area (Å²) in [5.41, 5.74) is 1.48. The molecule has 1 fully saturated rings. The third-order valence-electron chi connectivity index (χ3n) is 4.42. The zero-order valence-electron chi connectivity index (χ0n) is 13.7. The summed E-state index contributed by atoms with van der Waals surface area (Å²) in [6.45, 7) is 4.39. The molecule has 0 radical (unpaired) electrons. The molecule has 0 aliphatic carbocycles. The summed E-state index contributed by atoms with van der Waals surface area (Å²) in [7, 11) is 0. The van der Waals surface area contributed by atoms with Crippen molar-refractivity contribution >= 4 is 5.82 Å². The predicted molar refractivity (Wildman–Crippen MR) is 93.6 cm³/mol. The standard InChI is InChI=1S/C19H22N4O/c20-14-16-5-7-17(8-6-16)18(24)15-22-10-3-11-23(13-12-22)19-4-1-2-9-21-19/h1-2,4-9,18,24H,3,10-13,15H2. The van der Waals surface area contributed by atoms with Crippen molar-refractivity contribution in [2.75, 3.05) is 37.6 Å². The molecule has 3 rings (SSSR count). The summed E-state index contributed by atoms with van der Waals surface area (Å²) in [6.07, 6.45) is 2.35. The van der Waals surface area contributed by atoms with Gasteiger partial charge in [-0.15, -0.1) is 0 Å². The molecule has 124 valence electrons. The molecule has 1 aromatic heterocycles. The molecule has 2 heterocycles. The lowest BCUT2D eigenvalue weighted by atomic mass is 10.1. The van der Waals surface area contributed by atoms with Gasteiger partial charge in [0.1, 0.15) is 5.82 Å². The van der Waals surface area contributed by atoms with Crippen molar-refractivity contribution in [2.24, 2.45) is 0 Å². The molecule has 24 heavy (non-hydrogen) atoms. The average molecular weight is 322 g/mol. The van der Waals surface area contributed by atoms with Crippen molar-refractivity contribution in [3.63, 3.8) is 0 Å². The van der Waals surface area contributed by atoms with Gasteiger partial charge in [-0.2, -0.15) is 5.26 Å². The third kappa shape index (κ3) is 4.10. The van der Waals surface area contributed by atoms with Gasteiger partial charge in [-0.3, -0.25) is 4.90 Å². The van der Waals surface area contributed by atoms with Gasteiger partial charge < -0.3 is 10.0 Å². The van der Waals surface area contributed by atoms with E-state index in [1.54, 1.807) is 12.1 Å². The SMILES string of the molecule is N#Cc1ccc(C(O)CN2CCCN(c3ccccn3)CC2)cc1. The molecule has 1 unspecified atom stereocenters. The molecule has 1 aliphatic heterocycles. The van der Waals surface area contributed by atoms with Crippen molar-refractivity contribution < 1.29 is 5.11 Å². The Kier molecular flexibility index (Phi) is 5.42. The lowest BCUT2D eigenvalue weighted by Gasteiger charge is -2.24. The van der Waals surface area contributed by atoms with Crippen LogP contribution in [0.25, 0.3) is 0 Å². The Hall–Kier alpha value is -2.42. The Morgan fingerprint density at radius 2 is 1.92 bits per heavy atom. The largest absolute Gasteiger partial charge is 0.387 e. The van der Waals surface area contributed by atoms with Crippen LogP contribution in [0.15, 0.2) is 48.7 Å². The lowest BCUT2D eigenvalue weighted by molar-refractivity contribution is 0.117. The van der Waals surface area contributed by atoms with Crippen molar-refractivity contribution in [3.8, 4) is 6.07 Å². The molecular weight excluding hydrogens is 300 g/mol. The Balaban J connectivity index is 1.57. The number of rotatable bonds is 4. The number of anilines is 1. The van der Waals surface area contributed by atoms with Crippen molar-refractivity contribution in [1.29, 1.82) is 5.26 Å². The van der Waals surface area contributed by atoms with Gasteiger partial charge in [-0.05, 0) is 36.2 Å². The first-order valence-electron chi connectivity index (χ1n) is 8.33. The first kappa shape index (κ1) is 16.4. The first-order chi connectivity index (χ1) is 11.8. The number of nitriles is 1. The average Bonchev–Trinajstić information content (AvgIpc) is 2.88. The van der Waals surface area contributed by atoms with E-state index >= 15 is 0 Å². The molecule has 1 aromatic carbocycles. The Bertz CT molecular complexity index is 681. The van der Waals surface area contributed by atoms with Crippen molar-refractivity contribution in [1.82, 2.24) is 9.88 Å².